The molecule has 0 aliphatic heterocycles. The molecule has 3 aliphatic carbocycles. The lowest BCUT2D eigenvalue weighted by molar-refractivity contribution is -0.122. The van der Waals surface area contributed by atoms with Gasteiger partial charge in [0.1, 0.15) is 5.78 Å². The molecule has 0 unspecified atom stereocenters. The van der Waals surface area contributed by atoms with Gasteiger partial charge >= 0.3 is 0 Å². The summed E-state index contributed by atoms with van der Waals surface area (Å²) in [5, 5.41) is 10.3. The summed E-state index contributed by atoms with van der Waals surface area (Å²) in [5.41, 5.74) is 1.18. The molecule has 3 rings (SSSR count). The molecule has 0 aromatic carbocycles. The van der Waals surface area contributed by atoms with Crippen LogP contribution in [0.3, 0.4) is 0 Å². The summed E-state index contributed by atoms with van der Waals surface area (Å²) in [5.74, 6) is 0.892. The van der Waals surface area contributed by atoms with Crippen LogP contribution in [0.5, 0.6) is 0 Å². The maximum absolute atomic E-state index is 12.5. The number of ketones is 1. The molecule has 0 radical (unpaired) electrons. The molecule has 1 spiro atoms. The number of aliphatic hydroxyl groups is 1. The van der Waals surface area contributed by atoms with Crippen molar-refractivity contribution in [2.24, 2.45) is 11.3 Å². The van der Waals surface area contributed by atoms with Gasteiger partial charge < -0.3 is 9.53 Å². The van der Waals surface area contributed by atoms with Crippen molar-refractivity contribution >= 4 is 14.1 Å². The fourth-order valence-corrected chi connectivity index (χ4v) is 6.14. The average molecular weight is 351 g/mol. The molecule has 2 bridgehead atoms. The van der Waals surface area contributed by atoms with Gasteiger partial charge in [-0.2, -0.15) is 0 Å². The van der Waals surface area contributed by atoms with E-state index < -0.39 is 8.32 Å². The van der Waals surface area contributed by atoms with E-state index in [-0.39, 0.29) is 22.7 Å². The third-order valence-electron chi connectivity index (χ3n) is 7.21. The van der Waals surface area contributed by atoms with Crippen LogP contribution < -0.4 is 0 Å². The molecule has 4 atom stereocenters. The predicted octanol–water partition coefficient (Wildman–Crippen LogP) is 4.61. The van der Waals surface area contributed by atoms with Gasteiger partial charge in [0, 0.05) is 18.3 Å². The van der Waals surface area contributed by atoms with E-state index in [1.165, 1.54) is 5.57 Å². The normalized spacial score (nSPS) is 37.5. The molecule has 3 nitrogen and oxygen atoms in total. The summed E-state index contributed by atoms with van der Waals surface area (Å²) in [7, 11) is -1.90. The minimum atomic E-state index is -1.90. The van der Waals surface area contributed by atoms with E-state index in [9.17, 15) is 9.90 Å². The second-order valence-electron chi connectivity index (χ2n) is 9.81. The smallest absolute Gasteiger partial charge is 0.192 e. The Balaban J connectivity index is 2.02. The van der Waals surface area contributed by atoms with E-state index in [2.05, 4.69) is 39.9 Å². The van der Waals surface area contributed by atoms with Gasteiger partial charge in [0.05, 0.1) is 12.2 Å². The van der Waals surface area contributed by atoms with Crippen molar-refractivity contribution in [3.8, 4) is 0 Å². The Bertz CT molecular complexity index is 546. The molecule has 0 saturated heterocycles. The first kappa shape index (κ1) is 18.3. The quantitative estimate of drug-likeness (QED) is 0.584. The minimum absolute atomic E-state index is 0.134. The molecule has 1 N–H and O–H groups in total. The van der Waals surface area contributed by atoms with Gasteiger partial charge in [-0.3, -0.25) is 4.79 Å². The SMILES string of the molecule is CC(C)(C)[Si](C)(C)O[C@@H]1[C@H]2CCC(=O)C[C@@]13CC[C@H](O)C=C3CC2. The summed E-state index contributed by atoms with van der Waals surface area (Å²) in [4.78, 5) is 12.5. The van der Waals surface area contributed by atoms with Crippen LogP contribution in [0.15, 0.2) is 11.6 Å². The Morgan fingerprint density at radius 1 is 1.21 bits per heavy atom. The molecule has 136 valence electrons. The molecule has 0 aromatic rings. The molecule has 3 aliphatic rings. The van der Waals surface area contributed by atoms with Gasteiger partial charge in [0.15, 0.2) is 8.32 Å². The number of carbonyl (C=O) groups is 1. The van der Waals surface area contributed by atoms with Crippen LogP contribution in [0.25, 0.3) is 0 Å². The van der Waals surface area contributed by atoms with E-state index in [1.54, 1.807) is 0 Å². The van der Waals surface area contributed by atoms with Crippen LogP contribution in [0.2, 0.25) is 18.1 Å². The lowest BCUT2D eigenvalue weighted by atomic mass is 9.58. The van der Waals surface area contributed by atoms with Crippen molar-refractivity contribution in [3.05, 3.63) is 11.6 Å². The zero-order valence-corrected chi connectivity index (χ0v) is 17.0. The van der Waals surface area contributed by atoms with E-state index >= 15 is 0 Å². The van der Waals surface area contributed by atoms with Gasteiger partial charge in [0.25, 0.3) is 0 Å². The molecule has 2 fully saturated rings. The third-order valence-corrected chi connectivity index (χ3v) is 11.7. The second-order valence-corrected chi connectivity index (χ2v) is 14.6. The molecule has 2 saturated carbocycles. The summed E-state index contributed by atoms with van der Waals surface area (Å²) in [6, 6.07) is 0. The van der Waals surface area contributed by atoms with Crippen molar-refractivity contribution in [2.45, 2.75) is 96.1 Å². The molecular formula is C20H34O3Si. The van der Waals surface area contributed by atoms with E-state index in [4.69, 9.17) is 4.43 Å². The second kappa shape index (κ2) is 6.06. The van der Waals surface area contributed by atoms with Crippen LogP contribution >= 0.6 is 0 Å². The zero-order valence-electron chi connectivity index (χ0n) is 16.0. The monoisotopic (exact) mass is 350 g/mol. The number of aliphatic hydroxyl groups excluding tert-OH is 1. The largest absolute Gasteiger partial charge is 0.413 e. The summed E-state index contributed by atoms with van der Waals surface area (Å²) in [6.07, 6.45) is 8.00. The van der Waals surface area contributed by atoms with Crippen molar-refractivity contribution in [3.63, 3.8) is 0 Å². The molecule has 0 amide bonds. The number of carbonyl (C=O) groups excluding carboxylic acids is 1. The molecule has 4 heteroatoms. The number of Topliss-reactive ketones (excluding diaryl/α,β-unsaturated/α-hetero) is 1. The van der Waals surface area contributed by atoms with Crippen molar-refractivity contribution < 1.29 is 14.3 Å². The fraction of sp³-hybridized carbons (Fsp3) is 0.850. The first-order valence-corrected chi connectivity index (χ1v) is 12.5. The zero-order chi connectivity index (χ0) is 17.8. The van der Waals surface area contributed by atoms with Crippen LogP contribution in [0, 0.1) is 11.3 Å². The highest BCUT2D eigenvalue weighted by molar-refractivity contribution is 6.74. The van der Waals surface area contributed by atoms with Crippen molar-refractivity contribution in [1.29, 1.82) is 0 Å². The molecule has 0 aromatic heterocycles. The van der Waals surface area contributed by atoms with Gasteiger partial charge in [-0.25, -0.2) is 0 Å². The summed E-state index contributed by atoms with van der Waals surface area (Å²) in [6.45, 7) is 11.5. The fourth-order valence-electron chi connectivity index (χ4n) is 4.74. The number of hydrogen-bond donors (Lipinski definition) is 1. The standard InChI is InChI=1S/C20H34O3Si/c1-19(2,3)24(4,5)23-18-14-6-8-15-12-16(21)10-11-20(15,18)13-17(22)9-7-14/h12,14,16,18,21H,6-11,13H2,1-5H3/t14-,16+,18-,20-/m1/s1. The highest BCUT2D eigenvalue weighted by Crippen LogP contribution is 2.57. The summed E-state index contributed by atoms with van der Waals surface area (Å²) >= 11 is 0. The Hall–Kier alpha value is -0.453. The maximum atomic E-state index is 12.5. The summed E-state index contributed by atoms with van der Waals surface area (Å²) < 4.78 is 7.00. The Kier molecular flexibility index (Phi) is 4.63. The Labute approximate surface area is 148 Å². The van der Waals surface area contributed by atoms with Gasteiger partial charge in [0.2, 0.25) is 0 Å². The molecule has 24 heavy (non-hydrogen) atoms. The highest BCUT2D eigenvalue weighted by atomic mass is 28.4. The van der Waals surface area contributed by atoms with Crippen LogP contribution in [-0.4, -0.2) is 31.4 Å². The third kappa shape index (κ3) is 3.06. The van der Waals surface area contributed by atoms with Crippen molar-refractivity contribution in [2.75, 3.05) is 0 Å². The van der Waals surface area contributed by atoms with Gasteiger partial charge in [-0.05, 0) is 56.2 Å². The number of hydrogen-bond acceptors (Lipinski definition) is 3. The minimum Gasteiger partial charge on any atom is -0.413 e. The topological polar surface area (TPSA) is 46.5 Å². The Morgan fingerprint density at radius 3 is 2.54 bits per heavy atom. The highest BCUT2D eigenvalue weighted by Gasteiger charge is 2.55. The molecular weight excluding hydrogens is 316 g/mol. The lowest BCUT2D eigenvalue weighted by Gasteiger charge is -2.54. The molecule has 0 heterocycles. The van der Waals surface area contributed by atoms with Crippen LogP contribution in [-0.2, 0) is 9.22 Å². The van der Waals surface area contributed by atoms with Gasteiger partial charge in [-0.15, -0.1) is 0 Å². The predicted molar refractivity (Wildman–Crippen MR) is 99.4 cm³/mol. The lowest BCUT2D eigenvalue weighted by Crippen LogP contribution is -2.55. The van der Waals surface area contributed by atoms with E-state index in [1.807, 2.05) is 0 Å². The van der Waals surface area contributed by atoms with Crippen LogP contribution in [0.4, 0.5) is 0 Å². The number of rotatable bonds is 2. The first-order chi connectivity index (χ1) is 11.1. The van der Waals surface area contributed by atoms with Crippen molar-refractivity contribution in [1.82, 2.24) is 0 Å². The maximum Gasteiger partial charge on any atom is 0.192 e. The van der Waals surface area contributed by atoms with Gasteiger partial charge in [-0.1, -0.05) is 32.4 Å². The van der Waals surface area contributed by atoms with E-state index in [0.717, 1.165) is 32.1 Å². The average Bonchev–Trinajstić information content (AvgIpc) is 2.53. The number of fused-ring (bicyclic) bond motifs is 1. The van der Waals surface area contributed by atoms with E-state index in [0.29, 0.717) is 24.5 Å². The van der Waals surface area contributed by atoms with Crippen LogP contribution in [0.1, 0.15) is 65.7 Å². The first-order valence-electron chi connectivity index (χ1n) is 9.64. The Morgan fingerprint density at radius 2 is 1.88 bits per heavy atom.